The number of esters is 1. The van der Waals surface area contributed by atoms with E-state index in [9.17, 15) is 30.3 Å². The van der Waals surface area contributed by atoms with Crippen molar-refractivity contribution in [3.63, 3.8) is 0 Å². The van der Waals surface area contributed by atoms with E-state index in [0.29, 0.717) is 13.0 Å². The molecule has 14 heteroatoms. The lowest BCUT2D eigenvalue weighted by atomic mass is 9.77. The maximum atomic E-state index is 14.2. The summed E-state index contributed by atoms with van der Waals surface area (Å²) in [7, 11) is 5.35. The lowest BCUT2D eigenvalue weighted by Gasteiger charge is -2.52. The average molecular weight is 763 g/mol. The van der Waals surface area contributed by atoms with Crippen molar-refractivity contribution in [1.82, 2.24) is 10.2 Å². The summed E-state index contributed by atoms with van der Waals surface area (Å²) >= 11 is 0. The van der Waals surface area contributed by atoms with Crippen LogP contribution in [0.2, 0.25) is 0 Å². The molecule has 0 bridgehead atoms. The number of aliphatic hydroxyl groups excluding tert-OH is 3. The first-order valence-corrected chi connectivity index (χ1v) is 19.6. The summed E-state index contributed by atoms with van der Waals surface area (Å²) in [5, 5.41) is 60.8. The summed E-state index contributed by atoms with van der Waals surface area (Å²) in [6, 6.07) is -0.891. The zero-order valence-electron chi connectivity index (χ0n) is 34.9. The molecule has 3 fully saturated rings. The fourth-order valence-electron chi connectivity index (χ4n) is 9.13. The van der Waals surface area contributed by atoms with Crippen LogP contribution >= 0.6 is 0 Å². The van der Waals surface area contributed by atoms with Crippen LogP contribution in [0.15, 0.2) is 0 Å². The first kappa shape index (κ1) is 46.4. The second kappa shape index (κ2) is 18.1. The molecule has 0 saturated carbocycles. The third-order valence-electron chi connectivity index (χ3n) is 12.6. The largest absolute Gasteiger partial charge is 0.459 e. The Bertz CT molecular complexity index is 1180. The van der Waals surface area contributed by atoms with Gasteiger partial charge in [-0.05, 0) is 101 Å². The molecule has 0 aromatic rings. The Kier molecular flexibility index (Phi) is 15.8. The first-order chi connectivity index (χ1) is 24.4. The highest BCUT2D eigenvalue weighted by Gasteiger charge is 2.55. The number of rotatable bonds is 8. The highest BCUT2D eigenvalue weighted by Crippen LogP contribution is 2.43. The van der Waals surface area contributed by atoms with E-state index >= 15 is 0 Å². The molecule has 0 spiro atoms. The number of carbonyl (C=O) groups is 1. The summed E-state index contributed by atoms with van der Waals surface area (Å²) in [6.07, 6.45) is -5.94. The quantitative estimate of drug-likeness (QED) is 0.198. The molecule has 53 heavy (non-hydrogen) atoms. The van der Waals surface area contributed by atoms with Gasteiger partial charge in [0.15, 0.2) is 12.1 Å². The minimum Gasteiger partial charge on any atom is -0.459 e. The van der Waals surface area contributed by atoms with Crippen LogP contribution in [-0.4, -0.2) is 154 Å². The fourth-order valence-corrected chi connectivity index (χ4v) is 9.13. The number of nitrogens with one attached hydrogen (secondary N) is 1. The molecule has 0 amide bonds. The number of likely N-dealkylation sites (N-methyl/N-ethyl adjacent to an activating group) is 1. The Morgan fingerprint density at radius 1 is 0.981 bits per heavy atom. The van der Waals surface area contributed by atoms with Crippen LogP contribution in [0.4, 0.5) is 0 Å². The number of aliphatic hydroxyl groups is 5. The normalized spacial score (nSPS) is 49.9. The Balaban J connectivity index is 2.20. The monoisotopic (exact) mass is 763 g/mol. The van der Waals surface area contributed by atoms with Crippen LogP contribution in [0.3, 0.4) is 0 Å². The molecule has 312 valence electrons. The van der Waals surface area contributed by atoms with Gasteiger partial charge in [-0.3, -0.25) is 4.79 Å². The number of hydrogen-bond acceptors (Lipinski definition) is 14. The minimum atomic E-state index is -1.80. The molecule has 0 aromatic heterocycles. The van der Waals surface area contributed by atoms with Gasteiger partial charge in [0.25, 0.3) is 0 Å². The smallest absolute Gasteiger partial charge is 0.311 e. The van der Waals surface area contributed by atoms with E-state index in [1.54, 1.807) is 41.7 Å². The van der Waals surface area contributed by atoms with Crippen molar-refractivity contribution in [1.29, 1.82) is 0 Å². The molecule has 3 aliphatic heterocycles. The van der Waals surface area contributed by atoms with Crippen molar-refractivity contribution in [2.75, 3.05) is 34.4 Å². The van der Waals surface area contributed by atoms with E-state index in [-0.39, 0.29) is 49.9 Å². The third kappa shape index (κ3) is 10.3. The standard InChI is InChI=1S/C39H74N2O12/c1-15-29-38(10,47)32(43)25(6)40-19-21(2)17-36(8,46)34(53-39(11)33(44)28(41(12)13)16-22(3)52-39)23(4)31(24(5)35(45)50-29)51-30-18-37(9,48-14)27(20-42)26(7)49-30/h21-34,40,42-44,46-47H,15-20H2,1-14H3/t21-,22-,23+,24-,25-,26+,27?,28?,29-,30?,31+,32-,33-,34?,36-,37-,38-,39?/m1/s1. The Labute approximate surface area is 318 Å². The van der Waals surface area contributed by atoms with Crippen molar-refractivity contribution in [2.45, 2.75) is 186 Å². The average Bonchev–Trinajstić information content (AvgIpc) is 3.06. The molecule has 6 N–H and O–H groups in total. The van der Waals surface area contributed by atoms with Gasteiger partial charge >= 0.3 is 5.97 Å². The SMILES string of the molecule is CC[C@H]1OC(=O)[C@H](C)[C@@H](OC2C[C@@](C)(OC)C(CO)[C@H](C)O2)[C@H](C)C(OC2(C)O[C@H](C)CC(N(C)C)[C@H]2O)[C@](C)(O)C[C@@H](C)CN[C@H](C)[C@@H](O)[C@]1(C)O. The van der Waals surface area contributed by atoms with Crippen LogP contribution in [-0.2, 0) is 33.2 Å². The van der Waals surface area contributed by atoms with Crippen LogP contribution in [0.1, 0.15) is 102 Å². The van der Waals surface area contributed by atoms with Crippen LogP contribution in [0.25, 0.3) is 0 Å². The number of hydrogen-bond donors (Lipinski definition) is 6. The lowest BCUT2D eigenvalue weighted by Crippen LogP contribution is -2.65. The molecule has 0 radical (unpaired) electrons. The van der Waals surface area contributed by atoms with E-state index in [1.807, 2.05) is 53.6 Å². The second-order valence-electron chi connectivity index (χ2n) is 17.6. The molecule has 3 aliphatic rings. The van der Waals surface area contributed by atoms with Crippen molar-refractivity contribution in [2.24, 2.45) is 23.7 Å². The summed E-state index contributed by atoms with van der Waals surface area (Å²) in [5.74, 6) is -4.51. The van der Waals surface area contributed by atoms with Crippen molar-refractivity contribution in [3.05, 3.63) is 0 Å². The van der Waals surface area contributed by atoms with Gasteiger partial charge in [0.05, 0.1) is 48.1 Å². The molecule has 3 rings (SSSR count). The topological polar surface area (TPSA) is 189 Å². The maximum Gasteiger partial charge on any atom is 0.311 e. The Morgan fingerprint density at radius 2 is 1.60 bits per heavy atom. The number of methoxy groups -OCH3 is 1. The molecular formula is C39H74N2O12. The van der Waals surface area contributed by atoms with Gasteiger partial charge in [-0.25, -0.2) is 0 Å². The van der Waals surface area contributed by atoms with Gasteiger partial charge in [-0.1, -0.05) is 20.8 Å². The molecule has 3 saturated heterocycles. The summed E-state index contributed by atoms with van der Waals surface area (Å²) in [5.41, 5.74) is -4.20. The van der Waals surface area contributed by atoms with E-state index in [1.165, 1.54) is 6.92 Å². The van der Waals surface area contributed by atoms with Crippen molar-refractivity contribution in [3.8, 4) is 0 Å². The summed E-state index contributed by atoms with van der Waals surface area (Å²) < 4.78 is 38.3. The molecular weight excluding hydrogens is 688 g/mol. The van der Waals surface area contributed by atoms with Gasteiger partial charge in [0.2, 0.25) is 0 Å². The highest BCUT2D eigenvalue weighted by atomic mass is 16.7. The second-order valence-corrected chi connectivity index (χ2v) is 17.6. The fraction of sp³-hybridized carbons (Fsp3) is 0.974. The van der Waals surface area contributed by atoms with Crippen LogP contribution < -0.4 is 5.32 Å². The lowest BCUT2D eigenvalue weighted by molar-refractivity contribution is -0.361. The van der Waals surface area contributed by atoms with Gasteiger partial charge in [0.1, 0.15) is 23.9 Å². The molecule has 18 atom stereocenters. The Hall–Kier alpha value is -1.01. The van der Waals surface area contributed by atoms with Gasteiger partial charge in [-0.2, -0.15) is 0 Å². The first-order valence-electron chi connectivity index (χ1n) is 19.6. The zero-order chi connectivity index (χ0) is 40.4. The van der Waals surface area contributed by atoms with Gasteiger partial charge < -0.3 is 64.2 Å². The van der Waals surface area contributed by atoms with E-state index < -0.39 is 89.4 Å². The predicted octanol–water partition coefficient (Wildman–Crippen LogP) is 2.20. The number of carbonyl (C=O) groups excluding carboxylic acids is 1. The van der Waals surface area contributed by atoms with Crippen molar-refractivity contribution < 1.29 is 58.7 Å². The summed E-state index contributed by atoms with van der Waals surface area (Å²) in [6.45, 7) is 19.7. The number of ether oxygens (including phenoxy) is 6. The Morgan fingerprint density at radius 3 is 2.15 bits per heavy atom. The summed E-state index contributed by atoms with van der Waals surface area (Å²) in [4.78, 5) is 16.2. The predicted molar refractivity (Wildman–Crippen MR) is 199 cm³/mol. The molecule has 0 aliphatic carbocycles. The van der Waals surface area contributed by atoms with Gasteiger partial charge in [-0.15, -0.1) is 0 Å². The number of nitrogens with zero attached hydrogens (tertiary/aromatic N) is 1. The molecule has 14 nitrogen and oxygen atoms in total. The van der Waals surface area contributed by atoms with Crippen molar-refractivity contribution >= 4 is 5.97 Å². The van der Waals surface area contributed by atoms with Crippen LogP contribution in [0.5, 0.6) is 0 Å². The highest BCUT2D eigenvalue weighted by molar-refractivity contribution is 5.73. The molecule has 5 unspecified atom stereocenters. The third-order valence-corrected chi connectivity index (χ3v) is 12.6. The van der Waals surface area contributed by atoms with Gasteiger partial charge in [0, 0.05) is 37.5 Å². The van der Waals surface area contributed by atoms with E-state index in [2.05, 4.69) is 5.32 Å². The van der Waals surface area contributed by atoms with E-state index in [0.717, 1.165) is 0 Å². The maximum absolute atomic E-state index is 14.2. The number of cyclic esters (lactones) is 1. The molecule has 3 heterocycles. The van der Waals surface area contributed by atoms with Crippen LogP contribution in [0, 0.1) is 23.7 Å². The minimum absolute atomic E-state index is 0.163. The zero-order valence-corrected chi connectivity index (χ0v) is 34.9. The van der Waals surface area contributed by atoms with E-state index in [4.69, 9.17) is 28.4 Å². The molecule has 0 aromatic carbocycles.